The van der Waals surface area contributed by atoms with Crippen LogP contribution in [-0.2, 0) is 31.9 Å². The van der Waals surface area contributed by atoms with Crippen molar-refractivity contribution in [2.45, 2.75) is 38.1 Å². The predicted molar refractivity (Wildman–Crippen MR) is 154 cm³/mol. The Labute approximate surface area is 236 Å². The van der Waals surface area contributed by atoms with Crippen LogP contribution in [0.1, 0.15) is 24.0 Å². The molecule has 2 heterocycles. The first kappa shape index (κ1) is 29.5. The van der Waals surface area contributed by atoms with Crippen LogP contribution in [0.25, 0.3) is 0 Å². The van der Waals surface area contributed by atoms with E-state index in [0.29, 0.717) is 24.3 Å². The Morgan fingerprint density at radius 1 is 0.725 bits per heavy atom. The van der Waals surface area contributed by atoms with Crippen molar-refractivity contribution in [2.75, 3.05) is 66.1 Å². The van der Waals surface area contributed by atoms with Gasteiger partial charge in [-0.05, 0) is 76.1 Å². The van der Waals surface area contributed by atoms with Crippen molar-refractivity contribution >= 4 is 23.3 Å². The maximum absolute atomic E-state index is 13.0. The van der Waals surface area contributed by atoms with E-state index < -0.39 is 24.4 Å². The molecule has 0 saturated heterocycles. The van der Waals surface area contributed by atoms with E-state index in [1.807, 2.05) is 64.6 Å². The van der Waals surface area contributed by atoms with Gasteiger partial charge in [-0.15, -0.1) is 0 Å². The molecule has 2 aliphatic rings. The van der Waals surface area contributed by atoms with E-state index in [2.05, 4.69) is 20.4 Å². The van der Waals surface area contributed by atoms with E-state index in [0.717, 1.165) is 48.4 Å². The smallest absolute Gasteiger partial charge is 0.419 e. The van der Waals surface area contributed by atoms with E-state index >= 15 is 0 Å². The number of benzene rings is 2. The third-order valence-corrected chi connectivity index (χ3v) is 7.29. The van der Waals surface area contributed by atoms with Gasteiger partial charge in [0.05, 0.1) is 14.2 Å². The number of hydrogen-bond acceptors (Lipinski definition) is 10. The van der Waals surface area contributed by atoms with Crippen molar-refractivity contribution in [3.05, 3.63) is 47.5 Å². The van der Waals surface area contributed by atoms with Crippen LogP contribution in [0.5, 0.6) is 11.5 Å². The molecule has 40 heavy (non-hydrogen) atoms. The van der Waals surface area contributed by atoms with Crippen molar-refractivity contribution in [1.29, 1.82) is 0 Å². The molecule has 0 amide bonds. The molecule has 0 saturated carbocycles. The third kappa shape index (κ3) is 7.79. The largest absolute Gasteiger partial charge is 0.497 e. The Kier molecular flexibility index (Phi) is 9.76. The topological polar surface area (TPSA) is 102 Å². The van der Waals surface area contributed by atoms with Crippen LogP contribution < -0.4 is 20.1 Å². The molecule has 10 heteroatoms. The third-order valence-electron chi connectivity index (χ3n) is 7.29. The number of carbonyl (C=O) groups is 2. The van der Waals surface area contributed by atoms with Gasteiger partial charge in [0.2, 0.25) is 0 Å². The van der Waals surface area contributed by atoms with Crippen LogP contribution in [0, 0.1) is 11.8 Å². The molecule has 10 nitrogen and oxygen atoms in total. The van der Waals surface area contributed by atoms with Gasteiger partial charge >= 0.3 is 11.9 Å². The van der Waals surface area contributed by atoms with Gasteiger partial charge in [0.1, 0.15) is 11.5 Å². The Hall–Kier alpha value is -3.50. The second-order valence-electron chi connectivity index (χ2n) is 11.3. The molecule has 0 aromatic heterocycles. The van der Waals surface area contributed by atoms with Crippen LogP contribution in [0.2, 0.25) is 0 Å². The van der Waals surface area contributed by atoms with Crippen LogP contribution in [0.15, 0.2) is 36.4 Å². The summed E-state index contributed by atoms with van der Waals surface area (Å²) in [4.78, 5) is 30.3. The summed E-state index contributed by atoms with van der Waals surface area (Å²) in [6, 6.07) is 11.7. The van der Waals surface area contributed by atoms with E-state index in [1.54, 1.807) is 14.2 Å². The maximum Gasteiger partial charge on any atom is 0.419 e. The zero-order valence-electron chi connectivity index (χ0n) is 24.4. The number of anilines is 2. The number of rotatable bonds is 8. The summed E-state index contributed by atoms with van der Waals surface area (Å²) >= 11 is 0. The fraction of sp³-hybridized carbons (Fsp3) is 0.533. The molecule has 4 rings (SSSR count). The first-order chi connectivity index (χ1) is 19.1. The minimum Gasteiger partial charge on any atom is -0.497 e. The first-order valence-corrected chi connectivity index (χ1v) is 13.7. The van der Waals surface area contributed by atoms with E-state index in [4.69, 9.17) is 18.9 Å². The number of methoxy groups -OCH3 is 2. The highest BCUT2D eigenvalue weighted by Gasteiger charge is 2.32. The SMILES string of the molecule is COc1ccc2c(c1)NC(OC(=O)C(=O)OC1CC(CN(C)C)Cc3ccc(OC)cc3N1)CC(CN(C)C)C2. The van der Waals surface area contributed by atoms with Crippen LogP contribution in [-0.4, -0.2) is 89.7 Å². The Morgan fingerprint density at radius 3 is 1.48 bits per heavy atom. The summed E-state index contributed by atoms with van der Waals surface area (Å²) in [5.41, 5.74) is 3.87. The van der Waals surface area contributed by atoms with Gasteiger partial charge in [-0.1, -0.05) is 12.1 Å². The summed E-state index contributed by atoms with van der Waals surface area (Å²) in [5.74, 6) is -0.210. The number of fused-ring (bicyclic) bond motifs is 2. The fourth-order valence-electron chi connectivity index (χ4n) is 5.67. The molecule has 0 radical (unpaired) electrons. The minimum absolute atomic E-state index is 0.216. The fourth-order valence-corrected chi connectivity index (χ4v) is 5.67. The second-order valence-corrected chi connectivity index (χ2v) is 11.3. The molecular weight excluding hydrogens is 512 g/mol. The molecule has 4 unspecified atom stereocenters. The van der Waals surface area contributed by atoms with Gasteiger partial charge in [0, 0.05) is 49.4 Å². The highest BCUT2D eigenvalue weighted by atomic mass is 16.6. The van der Waals surface area contributed by atoms with Crippen LogP contribution >= 0.6 is 0 Å². The van der Waals surface area contributed by atoms with Crippen molar-refractivity contribution < 1.29 is 28.5 Å². The van der Waals surface area contributed by atoms with Crippen molar-refractivity contribution in [3.63, 3.8) is 0 Å². The molecule has 0 bridgehead atoms. The average Bonchev–Trinajstić information content (AvgIpc) is 3.16. The second kappa shape index (κ2) is 13.2. The van der Waals surface area contributed by atoms with E-state index in [9.17, 15) is 9.59 Å². The van der Waals surface area contributed by atoms with E-state index in [-0.39, 0.29) is 11.8 Å². The molecule has 0 spiro atoms. The Morgan fingerprint density at radius 2 is 1.12 bits per heavy atom. The lowest BCUT2D eigenvalue weighted by Gasteiger charge is -2.25. The lowest BCUT2D eigenvalue weighted by atomic mass is 9.96. The summed E-state index contributed by atoms with van der Waals surface area (Å²) in [6.07, 6.45) is 1.34. The van der Waals surface area contributed by atoms with Gasteiger partial charge in [0.15, 0.2) is 12.5 Å². The average molecular weight is 555 g/mol. The molecule has 2 aromatic rings. The molecule has 2 aromatic carbocycles. The molecule has 4 atom stereocenters. The van der Waals surface area contributed by atoms with Crippen LogP contribution in [0.4, 0.5) is 11.4 Å². The summed E-state index contributed by atoms with van der Waals surface area (Å²) in [7, 11) is 11.3. The number of carbonyl (C=O) groups excluding carboxylic acids is 2. The first-order valence-electron chi connectivity index (χ1n) is 13.7. The van der Waals surface area contributed by atoms with Gasteiger partial charge in [-0.3, -0.25) is 0 Å². The number of nitrogens with zero attached hydrogens (tertiary/aromatic N) is 2. The number of hydrogen-bond donors (Lipinski definition) is 2. The van der Waals surface area contributed by atoms with Crippen molar-refractivity contribution in [1.82, 2.24) is 9.80 Å². The molecule has 2 aliphatic heterocycles. The summed E-state index contributed by atoms with van der Waals surface area (Å²) in [5, 5.41) is 6.61. The lowest BCUT2D eigenvalue weighted by molar-refractivity contribution is -0.173. The Balaban J connectivity index is 1.47. The minimum atomic E-state index is -1.02. The van der Waals surface area contributed by atoms with Crippen molar-refractivity contribution in [2.24, 2.45) is 11.8 Å². The van der Waals surface area contributed by atoms with Gasteiger partial charge < -0.3 is 39.4 Å². The Bertz CT molecular complexity index is 1100. The predicted octanol–water partition coefficient (Wildman–Crippen LogP) is 3.21. The van der Waals surface area contributed by atoms with Crippen LogP contribution in [0.3, 0.4) is 0 Å². The highest BCUT2D eigenvalue weighted by Crippen LogP contribution is 2.33. The zero-order valence-corrected chi connectivity index (χ0v) is 24.4. The van der Waals surface area contributed by atoms with E-state index in [1.165, 1.54) is 0 Å². The number of nitrogens with one attached hydrogen (secondary N) is 2. The molecule has 218 valence electrons. The van der Waals surface area contributed by atoms with Gasteiger partial charge in [-0.2, -0.15) is 0 Å². The standard InChI is InChI=1S/C30H42N4O6/c1-33(2)17-19-11-21-7-9-23(37-5)15-25(21)31-27(13-19)39-29(35)30(36)40-28-14-20(18-34(3)4)12-22-8-10-24(38-6)16-26(22)32-28/h7-10,15-16,19-20,27-28,31-32H,11-14,17-18H2,1-6H3. The quantitative estimate of drug-likeness (QED) is 0.374. The summed E-state index contributed by atoms with van der Waals surface area (Å²) < 4.78 is 22.2. The molecular formula is C30H42N4O6. The maximum atomic E-state index is 13.0. The number of ether oxygens (including phenoxy) is 4. The molecule has 0 fully saturated rings. The van der Waals surface area contributed by atoms with Crippen molar-refractivity contribution in [3.8, 4) is 11.5 Å². The monoisotopic (exact) mass is 554 g/mol. The van der Waals surface area contributed by atoms with Gasteiger partial charge in [0.25, 0.3) is 0 Å². The molecule has 2 N–H and O–H groups in total. The summed E-state index contributed by atoms with van der Waals surface area (Å²) in [6.45, 7) is 1.63. The normalized spacial score (nSPS) is 22.1. The lowest BCUT2D eigenvalue weighted by Crippen LogP contribution is -2.37. The zero-order chi connectivity index (χ0) is 28.8. The van der Waals surface area contributed by atoms with Gasteiger partial charge in [-0.25, -0.2) is 9.59 Å². The highest BCUT2D eigenvalue weighted by molar-refractivity contribution is 6.29. The molecule has 0 aliphatic carbocycles. The number of esters is 2.